The summed E-state index contributed by atoms with van der Waals surface area (Å²) in [4.78, 5) is 11.4. The van der Waals surface area contributed by atoms with Crippen LogP contribution in [0.1, 0.15) is 43.6 Å². The van der Waals surface area contributed by atoms with Crippen LogP contribution in [0.2, 0.25) is 0 Å². The topological polar surface area (TPSA) is 66.4 Å². The molecular formula is C15H17F2O4S-. The lowest BCUT2D eigenvalue weighted by molar-refractivity contribution is -0.154. The highest BCUT2D eigenvalue weighted by molar-refractivity contribution is 7.80. The predicted octanol–water partition coefficient (Wildman–Crippen LogP) is 3.12. The van der Waals surface area contributed by atoms with E-state index in [2.05, 4.69) is 0 Å². The van der Waals surface area contributed by atoms with E-state index in [0.29, 0.717) is 18.8 Å². The third-order valence-electron chi connectivity index (χ3n) is 3.84. The van der Waals surface area contributed by atoms with Crippen LogP contribution in [-0.4, -0.2) is 26.1 Å². The first-order chi connectivity index (χ1) is 10.4. The molecule has 1 fully saturated rings. The van der Waals surface area contributed by atoms with Crippen LogP contribution in [0.25, 0.3) is 0 Å². The fraction of sp³-hybridized carbons (Fsp3) is 0.533. The smallest absolute Gasteiger partial charge is 0.319 e. The van der Waals surface area contributed by atoms with Crippen molar-refractivity contribution in [1.82, 2.24) is 0 Å². The van der Waals surface area contributed by atoms with Crippen molar-refractivity contribution in [2.24, 2.45) is 0 Å². The SMILES string of the molecule is O=C(CC(F)(F)S(=O)[O-])OC1CCC(c2ccccc2)CC1. The molecule has 22 heavy (non-hydrogen) atoms. The van der Waals surface area contributed by atoms with Crippen LogP contribution in [0, 0.1) is 0 Å². The van der Waals surface area contributed by atoms with E-state index >= 15 is 0 Å². The Morgan fingerprint density at radius 1 is 1.23 bits per heavy atom. The van der Waals surface area contributed by atoms with Crippen molar-refractivity contribution < 1.29 is 27.1 Å². The van der Waals surface area contributed by atoms with Crippen LogP contribution >= 0.6 is 0 Å². The number of hydrogen-bond acceptors (Lipinski definition) is 4. The van der Waals surface area contributed by atoms with Crippen LogP contribution in [0.4, 0.5) is 8.78 Å². The third-order valence-corrected chi connectivity index (χ3v) is 4.47. The number of alkyl halides is 2. The van der Waals surface area contributed by atoms with E-state index in [4.69, 9.17) is 4.74 Å². The Bertz CT molecular complexity index is 528. The second-order valence-electron chi connectivity index (χ2n) is 5.42. The molecule has 0 aromatic heterocycles. The Balaban J connectivity index is 1.80. The standard InChI is InChI=1S/C15H18F2O4S/c16-15(17,22(19)20)10-14(18)21-13-8-6-12(7-9-13)11-4-2-1-3-5-11/h1-5,12-13H,6-10H2,(H,19,20)/p-1. The molecule has 1 aromatic carbocycles. The van der Waals surface area contributed by atoms with E-state index in [9.17, 15) is 22.3 Å². The summed E-state index contributed by atoms with van der Waals surface area (Å²) in [6, 6.07) is 9.96. The summed E-state index contributed by atoms with van der Waals surface area (Å²) in [5, 5.41) is -4.07. The average molecular weight is 331 g/mol. The van der Waals surface area contributed by atoms with Crippen LogP contribution in [0.15, 0.2) is 30.3 Å². The van der Waals surface area contributed by atoms with Gasteiger partial charge in [0.1, 0.15) is 12.5 Å². The fourth-order valence-electron chi connectivity index (χ4n) is 2.69. The van der Waals surface area contributed by atoms with Gasteiger partial charge in [0.25, 0.3) is 0 Å². The summed E-state index contributed by atoms with van der Waals surface area (Å²) in [5.74, 6) is -0.788. The molecule has 0 saturated heterocycles. The zero-order chi connectivity index (χ0) is 16.2. The summed E-state index contributed by atoms with van der Waals surface area (Å²) in [5.41, 5.74) is 1.22. The highest BCUT2D eigenvalue weighted by atomic mass is 32.2. The van der Waals surface area contributed by atoms with E-state index < -0.39 is 34.8 Å². The van der Waals surface area contributed by atoms with Crippen molar-refractivity contribution in [2.75, 3.05) is 0 Å². The molecule has 0 bridgehead atoms. The second kappa shape index (κ2) is 7.28. The minimum atomic E-state index is -4.07. The number of carbonyl (C=O) groups excluding carboxylic acids is 1. The largest absolute Gasteiger partial charge is 0.768 e. The summed E-state index contributed by atoms with van der Waals surface area (Å²) >= 11 is -3.62. The van der Waals surface area contributed by atoms with Crippen molar-refractivity contribution in [3.63, 3.8) is 0 Å². The molecule has 1 atom stereocenters. The minimum absolute atomic E-state index is 0.381. The van der Waals surface area contributed by atoms with Gasteiger partial charge >= 0.3 is 11.2 Å². The second-order valence-corrected chi connectivity index (χ2v) is 6.49. The highest BCUT2D eigenvalue weighted by Crippen LogP contribution is 2.34. The van der Waals surface area contributed by atoms with Gasteiger partial charge in [-0.3, -0.25) is 9.00 Å². The maximum atomic E-state index is 12.9. The van der Waals surface area contributed by atoms with Crippen LogP contribution in [0.5, 0.6) is 0 Å². The van der Waals surface area contributed by atoms with Crippen molar-refractivity contribution in [1.29, 1.82) is 0 Å². The van der Waals surface area contributed by atoms with Gasteiger partial charge in [0, 0.05) is 11.1 Å². The monoisotopic (exact) mass is 331 g/mol. The summed E-state index contributed by atoms with van der Waals surface area (Å²) < 4.78 is 51.4. The summed E-state index contributed by atoms with van der Waals surface area (Å²) in [6.45, 7) is 0. The molecule has 0 N–H and O–H groups in total. The molecule has 0 spiro atoms. The fourth-order valence-corrected chi connectivity index (χ4v) is 2.93. The van der Waals surface area contributed by atoms with Gasteiger partial charge in [-0.15, -0.1) is 0 Å². The lowest BCUT2D eigenvalue weighted by Crippen LogP contribution is -2.30. The number of carbonyl (C=O) groups is 1. The molecule has 0 aliphatic heterocycles. The van der Waals surface area contributed by atoms with Crippen LogP contribution in [0.3, 0.4) is 0 Å². The van der Waals surface area contributed by atoms with E-state index in [1.807, 2.05) is 30.3 Å². The molecule has 2 rings (SSSR count). The molecule has 1 aromatic rings. The normalized spacial score (nSPS) is 23.8. The van der Waals surface area contributed by atoms with Crippen LogP contribution in [-0.2, 0) is 20.6 Å². The van der Waals surface area contributed by atoms with Gasteiger partial charge in [0.2, 0.25) is 0 Å². The lowest BCUT2D eigenvalue weighted by Gasteiger charge is -2.29. The van der Waals surface area contributed by atoms with Crippen LogP contribution < -0.4 is 0 Å². The first-order valence-corrected chi connectivity index (χ1v) is 8.17. The molecule has 0 amide bonds. The molecule has 1 aliphatic rings. The predicted molar refractivity (Wildman–Crippen MR) is 76.0 cm³/mol. The Morgan fingerprint density at radius 2 is 1.82 bits per heavy atom. The van der Waals surface area contributed by atoms with E-state index in [1.165, 1.54) is 5.56 Å². The average Bonchev–Trinajstić information content (AvgIpc) is 2.48. The van der Waals surface area contributed by atoms with E-state index in [-0.39, 0.29) is 0 Å². The Kier molecular flexibility index (Phi) is 5.63. The Labute approximate surface area is 130 Å². The number of halogens is 2. The van der Waals surface area contributed by atoms with Crippen molar-refractivity contribution in [3.05, 3.63) is 35.9 Å². The first-order valence-electron chi connectivity index (χ1n) is 7.10. The molecule has 1 saturated carbocycles. The van der Waals surface area contributed by atoms with Gasteiger partial charge in [-0.1, -0.05) is 30.3 Å². The number of rotatable bonds is 5. The highest BCUT2D eigenvalue weighted by Gasteiger charge is 2.36. The third kappa shape index (κ3) is 4.58. The summed E-state index contributed by atoms with van der Waals surface area (Å²) in [7, 11) is 0. The molecule has 0 radical (unpaired) electrons. The summed E-state index contributed by atoms with van der Waals surface area (Å²) in [6.07, 6.45) is 0.969. The molecular weight excluding hydrogens is 314 g/mol. The van der Waals surface area contributed by atoms with E-state index in [0.717, 1.165) is 12.8 Å². The number of esters is 1. The lowest BCUT2D eigenvalue weighted by atomic mass is 9.83. The Hall–Kier alpha value is -1.34. The van der Waals surface area contributed by atoms with Gasteiger partial charge in [-0.2, -0.15) is 8.78 Å². The van der Waals surface area contributed by atoms with Gasteiger partial charge in [-0.05, 0) is 37.2 Å². The molecule has 4 nitrogen and oxygen atoms in total. The zero-order valence-electron chi connectivity index (χ0n) is 11.9. The van der Waals surface area contributed by atoms with Crippen molar-refractivity contribution in [2.45, 2.75) is 49.4 Å². The maximum absolute atomic E-state index is 12.9. The number of ether oxygens (including phenoxy) is 1. The number of benzene rings is 1. The first kappa shape index (κ1) is 17.0. The molecule has 122 valence electrons. The Morgan fingerprint density at radius 3 is 2.36 bits per heavy atom. The van der Waals surface area contributed by atoms with Gasteiger partial charge in [-0.25, -0.2) is 0 Å². The molecule has 0 heterocycles. The van der Waals surface area contributed by atoms with E-state index in [1.54, 1.807) is 0 Å². The quantitative estimate of drug-likeness (QED) is 0.614. The molecule has 7 heteroatoms. The van der Waals surface area contributed by atoms with Gasteiger partial charge in [0.15, 0.2) is 0 Å². The molecule has 1 aliphatic carbocycles. The van der Waals surface area contributed by atoms with Crippen molar-refractivity contribution in [3.8, 4) is 0 Å². The minimum Gasteiger partial charge on any atom is -0.768 e. The zero-order valence-corrected chi connectivity index (χ0v) is 12.7. The van der Waals surface area contributed by atoms with Gasteiger partial charge in [0.05, 0.1) is 0 Å². The number of hydrogen-bond donors (Lipinski definition) is 0. The van der Waals surface area contributed by atoms with Crippen molar-refractivity contribution >= 4 is 17.0 Å². The molecule has 1 unspecified atom stereocenters. The van der Waals surface area contributed by atoms with Gasteiger partial charge < -0.3 is 9.29 Å². The maximum Gasteiger partial charge on any atom is 0.319 e.